The number of hydrogen-bond donors (Lipinski definition) is 0. The molecular formula is C11H11Br3S. The fraction of sp³-hybridized carbons (Fsp3) is 0.636. The summed E-state index contributed by atoms with van der Waals surface area (Å²) >= 11 is 12.9. The molecule has 1 aromatic rings. The summed E-state index contributed by atoms with van der Waals surface area (Å²) in [6, 6.07) is 2.25. The third-order valence-corrected chi connectivity index (χ3v) is 8.49. The van der Waals surface area contributed by atoms with Crippen molar-refractivity contribution in [2.24, 2.45) is 17.8 Å². The van der Waals surface area contributed by atoms with E-state index in [0.717, 1.165) is 17.8 Å². The molecule has 2 fully saturated rings. The molecule has 0 spiro atoms. The molecule has 0 nitrogen and oxygen atoms in total. The summed E-state index contributed by atoms with van der Waals surface area (Å²) < 4.78 is 2.41. The number of thiophene rings is 1. The Hall–Kier alpha value is 1.14. The topological polar surface area (TPSA) is 0 Å². The first-order valence-corrected chi connectivity index (χ1v) is 8.59. The zero-order valence-electron chi connectivity index (χ0n) is 8.05. The van der Waals surface area contributed by atoms with Crippen molar-refractivity contribution in [2.75, 3.05) is 0 Å². The first-order valence-electron chi connectivity index (χ1n) is 5.27. The molecule has 0 aromatic carbocycles. The Bertz CT molecular complexity index is 358. The van der Waals surface area contributed by atoms with Crippen LogP contribution in [-0.4, -0.2) is 0 Å². The van der Waals surface area contributed by atoms with Crippen LogP contribution < -0.4 is 0 Å². The van der Waals surface area contributed by atoms with Crippen LogP contribution in [-0.2, 0) is 0 Å². The van der Waals surface area contributed by atoms with Crippen molar-refractivity contribution >= 4 is 59.1 Å². The Morgan fingerprint density at radius 3 is 2.47 bits per heavy atom. The first-order chi connectivity index (χ1) is 7.18. The van der Waals surface area contributed by atoms with Gasteiger partial charge in [0.05, 0.1) is 8.61 Å². The van der Waals surface area contributed by atoms with Crippen molar-refractivity contribution < 1.29 is 0 Å². The van der Waals surface area contributed by atoms with E-state index < -0.39 is 0 Å². The van der Waals surface area contributed by atoms with Gasteiger partial charge in [-0.05, 0) is 68.5 Å². The SMILES string of the molecule is Brc1cc(C(Br)C2C3CCCC32)sc1Br. The van der Waals surface area contributed by atoms with Crippen LogP contribution in [0, 0.1) is 17.8 Å². The molecule has 1 aromatic heterocycles. The van der Waals surface area contributed by atoms with Gasteiger partial charge < -0.3 is 0 Å². The molecule has 0 bridgehead atoms. The average Bonchev–Trinajstić information content (AvgIpc) is 2.59. The molecule has 15 heavy (non-hydrogen) atoms. The fourth-order valence-electron chi connectivity index (χ4n) is 3.00. The lowest BCUT2D eigenvalue weighted by Gasteiger charge is -2.09. The van der Waals surface area contributed by atoms with E-state index >= 15 is 0 Å². The Morgan fingerprint density at radius 2 is 1.93 bits per heavy atom. The van der Waals surface area contributed by atoms with E-state index in [2.05, 4.69) is 53.9 Å². The molecule has 0 N–H and O–H groups in total. The van der Waals surface area contributed by atoms with E-state index in [-0.39, 0.29) is 0 Å². The smallest absolute Gasteiger partial charge is 0.0843 e. The molecule has 0 radical (unpaired) electrons. The van der Waals surface area contributed by atoms with E-state index in [9.17, 15) is 0 Å². The Balaban J connectivity index is 1.77. The number of alkyl halides is 1. The van der Waals surface area contributed by atoms with E-state index in [1.165, 1.54) is 32.4 Å². The van der Waals surface area contributed by atoms with Crippen molar-refractivity contribution in [3.8, 4) is 0 Å². The molecule has 1 heterocycles. The lowest BCUT2D eigenvalue weighted by Crippen LogP contribution is -1.95. The van der Waals surface area contributed by atoms with Gasteiger partial charge in [-0.15, -0.1) is 11.3 Å². The number of rotatable bonds is 2. The zero-order chi connectivity index (χ0) is 10.6. The molecular weight excluding hydrogens is 404 g/mol. The number of fused-ring (bicyclic) bond motifs is 1. The zero-order valence-corrected chi connectivity index (χ0v) is 13.6. The minimum atomic E-state index is 0.584. The second kappa shape index (κ2) is 4.11. The van der Waals surface area contributed by atoms with E-state index in [1.54, 1.807) is 0 Å². The van der Waals surface area contributed by atoms with Crippen molar-refractivity contribution in [1.82, 2.24) is 0 Å². The molecule has 2 aliphatic rings. The van der Waals surface area contributed by atoms with Crippen molar-refractivity contribution in [1.29, 1.82) is 0 Å². The molecule has 0 saturated heterocycles. The van der Waals surface area contributed by atoms with Crippen molar-refractivity contribution in [3.63, 3.8) is 0 Å². The molecule has 3 atom stereocenters. The molecule has 0 amide bonds. The number of hydrogen-bond acceptors (Lipinski definition) is 1. The molecule has 82 valence electrons. The second-order valence-electron chi connectivity index (χ2n) is 4.51. The highest BCUT2D eigenvalue weighted by Gasteiger charge is 2.55. The third-order valence-electron chi connectivity index (χ3n) is 3.75. The van der Waals surface area contributed by atoms with Gasteiger partial charge in [-0.3, -0.25) is 0 Å². The van der Waals surface area contributed by atoms with E-state index in [4.69, 9.17) is 0 Å². The standard InChI is InChI=1S/C11H11Br3S/c12-7-4-8(15-11(7)14)10(13)9-5-2-1-3-6(5)9/h4-6,9-10H,1-3H2. The molecule has 3 rings (SSSR count). The van der Waals surface area contributed by atoms with Crippen molar-refractivity contribution in [2.45, 2.75) is 24.1 Å². The lowest BCUT2D eigenvalue weighted by molar-refractivity contribution is 0.586. The molecule has 2 aliphatic carbocycles. The van der Waals surface area contributed by atoms with Gasteiger partial charge in [-0.1, -0.05) is 22.4 Å². The van der Waals surface area contributed by atoms with Gasteiger partial charge >= 0.3 is 0 Å². The predicted molar refractivity (Wildman–Crippen MR) is 75.7 cm³/mol. The summed E-state index contributed by atoms with van der Waals surface area (Å²) in [6.45, 7) is 0. The molecule has 2 saturated carbocycles. The van der Waals surface area contributed by atoms with Gasteiger partial charge in [-0.2, -0.15) is 0 Å². The summed E-state index contributed by atoms with van der Waals surface area (Å²) in [7, 11) is 0. The van der Waals surface area contributed by atoms with Gasteiger partial charge in [0.2, 0.25) is 0 Å². The predicted octanol–water partition coefficient (Wildman–Crippen LogP) is 5.76. The summed E-state index contributed by atoms with van der Waals surface area (Å²) in [4.78, 5) is 2.05. The van der Waals surface area contributed by atoms with E-state index in [0.29, 0.717) is 4.83 Å². The van der Waals surface area contributed by atoms with Crippen LogP contribution in [0.25, 0.3) is 0 Å². The Kier molecular flexibility index (Phi) is 3.08. The monoisotopic (exact) mass is 412 g/mol. The van der Waals surface area contributed by atoms with Gasteiger partial charge in [0, 0.05) is 9.35 Å². The number of halogens is 3. The minimum Gasteiger partial charge on any atom is -0.131 e. The van der Waals surface area contributed by atoms with Crippen molar-refractivity contribution in [3.05, 3.63) is 19.2 Å². The lowest BCUT2D eigenvalue weighted by atomic mass is 10.1. The summed E-state index contributed by atoms with van der Waals surface area (Å²) in [6.07, 6.45) is 4.39. The quantitative estimate of drug-likeness (QED) is 0.540. The first kappa shape index (κ1) is 11.2. The average molecular weight is 415 g/mol. The van der Waals surface area contributed by atoms with Gasteiger partial charge in [0.25, 0.3) is 0 Å². The molecule has 3 unspecified atom stereocenters. The maximum Gasteiger partial charge on any atom is 0.0843 e. The van der Waals surface area contributed by atoms with Crippen LogP contribution in [0.15, 0.2) is 14.3 Å². The summed E-state index contributed by atoms with van der Waals surface area (Å²) in [5.41, 5.74) is 0. The molecule has 0 aliphatic heterocycles. The highest BCUT2D eigenvalue weighted by atomic mass is 79.9. The van der Waals surface area contributed by atoms with Crippen LogP contribution >= 0.6 is 59.1 Å². The maximum atomic E-state index is 3.88. The van der Waals surface area contributed by atoms with Crippen LogP contribution in [0.2, 0.25) is 0 Å². The highest BCUT2D eigenvalue weighted by Crippen LogP contribution is 2.65. The summed E-state index contributed by atoms with van der Waals surface area (Å²) in [5.74, 6) is 2.96. The Labute approximate surface area is 119 Å². The minimum absolute atomic E-state index is 0.584. The van der Waals surface area contributed by atoms with Crippen LogP contribution in [0.1, 0.15) is 29.0 Å². The highest BCUT2D eigenvalue weighted by molar-refractivity contribution is 9.13. The maximum absolute atomic E-state index is 3.88. The summed E-state index contributed by atoms with van der Waals surface area (Å²) in [5, 5.41) is 0. The van der Waals surface area contributed by atoms with Gasteiger partial charge in [0.1, 0.15) is 0 Å². The van der Waals surface area contributed by atoms with Crippen LogP contribution in [0.4, 0.5) is 0 Å². The van der Waals surface area contributed by atoms with E-state index in [1.807, 2.05) is 11.3 Å². The molecule has 4 heteroatoms. The Morgan fingerprint density at radius 1 is 1.27 bits per heavy atom. The van der Waals surface area contributed by atoms with Crippen LogP contribution in [0.5, 0.6) is 0 Å². The largest absolute Gasteiger partial charge is 0.131 e. The third kappa shape index (κ3) is 1.90. The van der Waals surface area contributed by atoms with Gasteiger partial charge in [-0.25, -0.2) is 0 Å². The van der Waals surface area contributed by atoms with Gasteiger partial charge in [0.15, 0.2) is 0 Å². The fourth-order valence-corrected chi connectivity index (χ4v) is 6.32. The second-order valence-corrected chi connectivity index (χ2v) is 8.75. The van der Waals surface area contributed by atoms with Crippen LogP contribution in [0.3, 0.4) is 0 Å². The normalized spacial score (nSPS) is 35.3.